The van der Waals surface area contributed by atoms with E-state index in [-0.39, 0.29) is 76.9 Å². The van der Waals surface area contributed by atoms with Crippen molar-refractivity contribution in [3.63, 3.8) is 0 Å². The van der Waals surface area contributed by atoms with Gasteiger partial charge in [0.25, 0.3) is 5.97 Å². The van der Waals surface area contributed by atoms with Gasteiger partial charge in [-0.05, 0) is 96.3 Å². The van der Waals surface area contributed by atoms with Gasteiger partial charge in [-0.25, -0.2) is 0 Å². The Morgan fingerprint density at radius 2 is 0.511 bits per heavy atom. The quantitative estimate of drug-likeness (QED) is 0.0138. The van der Waals surface area contributed by atoms with Gasteiger partial charge in [0.1, 0.15) is 26.4 Å². The Labute approximate surface area is 533 Å². The van der Waals surface area contributed by atoms with Crippen molar-refractivity contribution in [3.05, 3.63) is 24.5 Å². The molecule has 0 rings (SSSR count). The molecule has 0 amide bonds. The fourth-order valence-corrected chi connectivity index (χ4v) is 9.60. The number of allylic oxidation sites excluding steroid dienone is 2. The van der Waals surface area contributed by atoms with Gasteiger partial charge in [0, 0.05) is 57.8 Å². The van der Waals surface area contributed by atoms with Gasteiger partial charge >= 0.3 is 49.8 Å². The normalized spacial score (nSPS) is 11.7. The van der Waals surface area contributed by atoms with Gasteiger partial charge in [-0.2, -0.15) is 0 Å². The number of hydrogen-bond acceptors (Lipinski definition) is 17. The Morgan fingerprint density at radius 3 is 0.818 bits per heavy atom. The van der Waals surface area contributed by atoms with E-state index in [1.165, 1.54) is 50.5 Å². The Bertz CT molecular complexity index is 1820. The maximum absolute atomic E-state index is 12.9. The van der Waals surface area contributed by atoms with E-state index >= 15 is 0 Å². The van der Waals surface area contributed by atoms with Crippen LogP contribution in [0.4, 0.5) is 0 Å². The number of unbranched alkanes of at least 4 members (excludes halogenated alkanes) is 28. The molecule has 18 heteroatoms. The predicted octanol–water partition coefficient (Wildman–Crippen LogP) is 16.6. The molecule has 0 aromatic heterocycles. The largest absolute Gasteiger partial charge is 0.543 e. The Kier molecular flexibility index (Phi) is 58.8. The molecule has 0 spiro atoms. The summed E-state index contributed by atoms with van der Waals surface area (Å²) in [5, 5.41) is 0. The third kappa shape index (κ3) is 58.8. The molecular formula is C70H121BO17. The monoisotopic (exact) mass is 1240 g/mol. The summed E-state index contributed by atoms with van der Waals surface area (Å²) in [6, 6.07) is 0. The van der Waals surface area contributed by atoms with Crippen LogP contribution in [0, 0.1) is 0 Å². The molecular weight excluding hydrogens is 1120 g/mol. The summed E-state index contributed by atoms with van der Waals surface area (Å²) in [6.07, 6.45) is 36.0. The number of esters is 7. The van der Waals surface area contributed by atoms with Crippen LogP contribution in [0.15, 0.2) is 24.5 Å². The van der Waals surface area contributed by atoms with E-state index in [1.807, 2.05) is 13.8 Å². The van der Waals surface area contributed by atoms with Gasteiger partial charge in [-0.15, -0.1) is 0 Å². The van der Waals surface area contributed by atoms with Crippen LogP contribution in [-0.4, -0.2) is 108 Å². The van der Waals surface area contributed by atoms with Crippen LogP contribution in [0.3, 0.4) is 0 Å². The lowest BCUT2D eigenvalue weighted by molar-refractivity contribution is -0.167. The first-order chi connectivity index (χ1) is 42.7. The van der Waals surface area contributed by atoms with Crippen LogP contribution >= 0.6 is 0 Å². The first-order valence-corrected chi connectivity index (χ1v) is 34.8. The molecule has 0 N–H and O–H groups in total. The fraction of sp³-hybridized carbons (Fsp3) is 0.829. The van der Waals surface area contributed by atoms with E-state index in [0.29, 0.717) is 83.2 Å². The molecule has 0 aliphatic heterocycles. The average Bonchev–Trinajstić information content (AvgIpc) is 3.52. The van der Waals surface area contributed by atoms with Crippen LogP contribution < -0.4 is 0 Å². The SMILES string of the molecule is [B]OC(=O)CCCCCCCC(=O)OC(COC(=C)CCCCCCCC(=C)CCCCCCCCC)COC(=O)CCCCCCCC(=O)OCC(COC(=O)CCCCCCCC(=O)OCCCC)OC(=O)CCCCCCCC(=O)OCCCC. The van der Waals surface area contributed by atoms with E-state index in [4.69, 9.17) is 45.9 Å². The van der Waals surface area contributed by atoms with Crippen molar-refractivity contribution < 1.29 is 80.9 Å². The van der Waals surface area contributed by atoms with Crippen LogP contribution in [0.5, 0.6) is 0 Å². The standard InChI is InChI=1S/C70H121BO17/c1-6-9-12-13-14-20-31-42-59(4)43-32-21-15-22-33-44-60(5)82-55-61(86-68(77)50-40-29-19-30-41-52-70(79)88-71)56-83-65(74)47-37-26-17-27-38-49-67(76)85-58-62(87-69(78)51-39-28-18-24-35-46-64(73)81-54-11-8-3)57-84-66(75)48-36-25-16-23-34-45-63(72)80-53-10-7-2/h61-62H,4-58H2,1-3H3. The van der Waals surface area contributed by atoms with Crippen molar-refractivity contribution in [2.45, 2.75) is 335 Å². The second-order valence-electron chi connectivity index (χ2n) is 23.7. The van der Waals surface area contributed by atoms with Crippen LogP contribution in [0.25, 0.3) is 0 Å². The van der Waals surface area contributed by atoms with Gasteiger partial charge in [0.2, 0.25) is 0 Å². The molecule has 2 unspecified atom stereocenters. The molecule has 2 radical (unpaired) electrons. The van der Waals surface area contributed by atoms with E-state index in [9.17, 15) is 38.4 Å². The number of rotatable bonds is 65. The van der Waals surface area contributed by atoms with Crippen molar-refractivity contribution in [3.8, 4) is 0 Å². The highest BCUT2D eigenvalue weighted by atomic mass is 16.6. The maximum Gasteiger partial charge on any atom is 0.378 e. The lowest BCUT2D eigenvalue weighted by Gasteiger charge is -2.19. The Hall–Kier alpha value is -4.90. The van der Waals surface area contributed by atoms with Crippen LogP contribution in [-0.2, 0) is 80.9 Å². The van der Waals surface area contributed by atoms with E-state index in [0.717, 1.165) is 154 Å². The molecule has 88 heavy (non-hydrogen) atoms. The maximum atomic E-state index is 12.9. The van der Waals surface area contributed by atoms with E-state index < -0.39 is 48.0 Å². The molecule has 0 heterocycles. The summed E-state index contributed by atoms with van der Waals surface area (Å²) in [7, 11) is 4.90. The van der Waals surface area contributed by atoms with Gasteiger partial charge in [-0.1, -0.05) is 187 Å². The minimum absolute atomic E-state index is 0.0180. The predicted molar refractivity (Wildman–Crippen MR) is 345 cm³/mol. The average molecular weight is 1250 g/mol. The first-order valence-electron chi connectivity index (χ1n) is 34.8. The lowest BCUT2D eigenvalue weighted by Crippen LogP contribution is -2.30. The highest BCUT2D eigenvalue weighted by Crippen LogP contribution is 2.20. The molecule has 2 atom stereocenters. The summed E-state index contributed by atoms with van der Waals surface area (Å²) in [4.78, 5) is 99.0. The minimum atomic E-state index is -0.967. The fourth-order valence-electron chi connectivity index (χ4n) is 9.60. The molecule has 0 aliphatic rings. The topological polar surface area (TPSA) is 220 Å². The zero-order valence-electron chi connectivity index (χ0n) is 55.6. The molecule has 0 fully saturated rings. The van der Waals surface area contributed by atoms with Crippen molar-refractivity contribution in [1.29, 1.82) is 0 Å². The van der Waals surface area contributed by atoms with Gasteiger partial charge in [0.15, 0.2) is 12.2 Å². The van der Waals surface area contributed by atoms with Crippen molar-refractivity contribution in [2.75, 3.05) is 39.6 Å². The molecule has 506 valence electrons. The summed E-state index contributed by atoms with van der Waals surface area (Å²) in [6.45, 7) is 15.0. The van der Waals surface area contributed by atoms with Crippen molar-refractivity contribution >= 4 is 55.8 Å². The minimum Gasteiger partial charge on any atom is -0.543 e. The summed E-state index contributed by atoms with van der Waals surface area (Å²) in [5.74, 6) is -2.43. The lowest BCUT2D eigenvalue weighted by atomic mass is 10.0. The van der Waals surface area contributed by atoms with Crippen LogP contribution in [0.2, 0.25) is 0 Å². The molecule has 0 aliphatic carbocycles. The molecule has 0 bridgehead atoms. The zero-order valence-corrected chi connectivity index (χ0v) is 55.6. The second kappa shape index (κ2) is 62.3. The smallest absolute Gasteiger partial charge is 0.378 e. The van der Waals surface area contributed by atoms with E-state index in [1.54, 1.807) is 0 Å². The Morgan fingerprint density at radius 1 is 0.273 bits per heavy atom. The molecule has 17 nitrogen and oxygen atoms in total. The highest BCUT2D eigenvalue weighted by molar-refractivity contribution is 6.05. The van der Waals surface area contributed by atoms with Crippen molar-refractivity contribution in [1.82, 2.24) is 0 Å². The Balaban J connectivity index is 4.91. The molecule has 0 saturated carbocycles. The summed E-state index contributed by atoms with van der Waals surface area (Å²) in [5.41, 5.74) is 1.37. The van der Waals surface area contributed by atoms with Gasteiger partial charge < -0.3 is 42.5 Å². The third-order valence-corrected chi connectivity index (χ3v) is 15.2. The van der Waals surface area contributed by atoms with Gasteiger partial charge in [-0.3, -0.25) is 38.4 Å². The number of carbonyl (C=O) groups excluding carboxylic acids is 8. The van der Waals surface area contributed by atoms with E-state index in [2.05, 4.69) is 24.7 Å². The summed E-state index contributed by atoms with van der Waals surface area (Å²) >= 11 is 0. The molecule has 0 aromatic rings. The van der Waals surface area contributed by atoms with Crippen molar-refractivity contribution in [2.24, 2.45) is 0 Å². The highest BCUT2D eigenvalue weighted by Gasteiger charge is 2.21. The second-order valence-corrected chi connectivity index (χ2v) is 23.7. The molecule has 0 saturated heterocycles. The first kappa shape index (κ1) is 83.1. The summed E-state index contributed by atoms with van der Waals surface area (Å²) < 4.78 is 48.5. The number of ether oxygens (including phenoxy) is 8. The number of carbonyl (C=O) groups is 8. The zero-order chi connectivity index (χ0) is 64.8. The number of hydrogen-bond donors (Lipinski definition) is 0. The molecule has 0 aromatic carbocycles. The van der Waals surface area contributed by atoms with Crippen LogP contribution in [0.1, 0.15) is 323 Å². The third-order valence-electron chi connectivity index (χ3n) is 15.2. The van der Waals surface area contributed by atoms with Gasteiger partial charge in [0.05, 0.1) is 19.0 Å².